The highest BCUT2D eigenvalue weighted by molar-refractivity contribution is 6.18. The minimum atomic E-state index is 0.0422. The first-order valence-corrected chi connectivity index (χ1v) is 7.97. The Morgan fingerprint density at radius 3 is 2.55 bits per heavy atom. The number of amides is 1. The van der Waals surface area contributed by atoms with Crippen molar-refractivity contribution in [2.75, 3.05) is 12.4 Å². The minimum Gasteiger partial charge on any atom is -0.355 e. The first-order valence-electron chi connectivity index (χ1n) is 7.43. The lowest BCUT2D eigenvalue weighted by atomic mass is 9.84. The summed E-state index contributed by atoms with van der Waals surface area (Å²) in [6.45, 7) is 7.01. The molecule has 0 aliphatic heterocycles. The van der Waals surface area contributed by atoms with Gasteiger partial charge in [-0.05, 0) is 31.7 Å². The van der Waals surface area contributed by atoms with E-state index in [2.05, 4.69) is 44.3 Å². The van der Waals surface area contributed by atoms with Crippen molar-refractivity contribution in [1.29, 1.82) is 0 Å². The van der Waals surface area contributed by atoms with Crippen molar-refractivity contribution in [1.82, 2.24) is 5.32 Å². The van der Waals surface area contributed by atoms with Crippen LogP contribution < -0.4 is 5.32 Å². The van der Waals surface area contributed by atoms with Gasteiger partial charge in [0.05, 0.1) is 0 Å². The van der Waals surface area contributed by atoms with Gasteiger partial charge in [0.2, 0.25) is 5.91 Å². The van der Waals surface area contributed by atoms with E-state index in [1.54, 1.807) is 0 Å². The van der Waals surface area contributed by atoms with Gasteiger partial charge in [0, 0.05) is 24.3 Å². The molecule has 0 aliphatic rings. The van der Waals surface area contributed by atoms with E-state index in [0.717, 1.165) is 19.3 Å². The predicted octanol–water partition coefficient (Wildman–Crippen LogP) is 4.09. The fraction of sp³-hybridized carbons (Fsp3) is 0.588. The van der Waals surface area contributed by atoms with Crippen LogP contribution >= 0.6 is 11.6 Å². The largest absolute Gasteiger partial charge is 0.355 e. The number of rotatable bonds is 8. The maximum Gasteiger partial charge on any atom is 0.220 e. The number of nitrogens with one attached hydrogen (secondary N) is 1. The van der Waals surface area contributed by atoms with Gasteiger partial charge in [0.15, 0.2) is 0 Å². The summed E-state index contributed by atoms with van der Waals surface area (Å²) in [6, 6.07) is 8.31. The summed E-state index contributed by atoms with van der Waals surface area (Å²) in [5, 5.41) is 3.04. The van der Waals surface area contributed by atoms with Crippen LogP contribution in [0.1, 0.15) is 44.2 Å². The highest BCUT2D eigenvalue weighted by Crippen LogP contribution is 2.26. The first kappa shape index (κ1) is 17.0. The average molecular weight is 296 g/mol. The number of aryl methyl sites for hydroxylation is 2. The van der Waals surface area contributed by atoms with Gasteiger partial charge >= 0.3 is 0 Å². The van der Waals surface area contributed by atoms with E-state index < -0.39 is 0 Å². The molecule has 1 aromatic carbocycles. The van der Waals surface area contributed by atoms with Crippen LogP contribution in [0.4, 0.5) is 0 Å². The predicted molar refractivity (Wildman–Crippen MR) is 86.2 cm³/mol. The fourth-order valence-corrected chi connectivity index (χ4v) is 2.71. The zero-order valence-electron chi connectivity index (χ0n) is 12.8. The van der Waals surface area contributed by atoms with Crippen LogP contribution in [0.15, 0.2) is 24.3 Å². The number of carbonyl (C=O) groups excluding carboxylic acids is 1. The topological polar surface area (TPSA) is 29.1 Å². The molecule has 112 valence electrons. The van der Waals surface area contributed by atoms with Crippen LogP contribution in [0.25, 0.3) is 0 Å². The summed E-state index contributed by atoms with van der Waals surface area (Å²) in [4.78, 5) is 11.9. The lowest BCUT2D eigenvalue weighted by Crippen LogP contribution is -2.38. The van der Waals surface area contributed by atoms with Gasteiger partial charge in [-0.2, -0.15) is 0 Å². The molecule has 0 saturated heterocycles. The molecule has 0 aromatic heterocycles. The van der Waals surface area contributed by atoms with Gasteiger partial charge in [-0.3, -0.25) is 4.79 Å². The second-order valence-corrected chi connectivity index (χ2v) is 5.87. The third-order valence-electron chi connectivity index (χ3n) is 4.17. The van der Waals surface area contributed by atoms with Crippen molar-refractivity contribution in [2.45, 2.75) is 46.5 Å². The van der Waals surface area contributed by atoms with E-state index >= 15 is 0 Å². The van der Waals surface area contributed by atoms with Crippen LogP contribution in [0.2, 0.25) is 0 Å². The van der Waals surface area contributed by atoms with Crippen LogP contribution in [-0.2, 0) is 11.2 Å². The molecule has 1 rings (SSSR count). The SMILES string of the molecule is CCC(CC)(CCl)CNC(=O)CCc1cccc(C)c1. The van der Waals surface area contributed by atoms with Gasteiger partial charge in [0.1, 0.15) is 0 Å². The lowest BCUT2D eigenvalue weighted by Gasteiger charge is -2.29. The van der Waals surface area contributed by atoms with Gasteiger partial charge in [-0.15, -0.1) is 11.6 Å². The number of halogens is 1. The molecule has 0 radical (unpaired) electrons. The smallest absolute Gasteiger partial charge is 0.220 e. The van der Waals surface area contributed by atoms with E-state index in [-0.39, 0.29) is 11.3 Å². The Kier molecular flexibility index (Phi) is 7.08. The Morgan fingerprint density at radius 2 is 2.00 bits per heavy atom. The summed E-state index contributed by atoms with van der Waals surface area (Å²) < 4.78 is 0. The zero-order chi connectivity index (χ0) is 15.0. The van der Waals surface area contributed by atoms with Crippen LogP contribution in [-0.4, -0.2) is 18.3 Å². The molecule has 1 aromatic rings. The monoisotopic (exact) mass is 295 g/mol. The molecule has 3 heteroatoms. The standard InChI is InChI=1S/C17H26ClNO/c1-4-17(5-2,12-18)13-19-16(20)10-9-15-8-6-7-14(3)11-15/h6-8,11H,4-5,9-10,12-13H2,1-3H3,(H,19,20). The molecule has 2 nitrogen and oxygen atoms in total. The summed E-state index contributed by atoms with van der Waals surface area (Å²) in [7, 11) is 0. The summed E-state index contributed by atoms with van der Waals surface area (Å²) in [5.41, 5.74) is 2.50. The van der Waals surface area contributed by atoms with E-state index in [9.17, 15) is 4.79 Å². The molecule has 1 amide bonds. The van der Waals surface area contributed by atoms with Crippen LogP contribution in [0, 0.1) is 12.3 Å². The van der Waals surface area contributed by atoms with Gasteiger partial charge in [-0.25, -0.2) is 0 Å². The number of benzene rings is 1. The van der Waals surface area contributed by atoms with E-state index in [1.165, 1.54) is 11.1 Å². The van der Waals surface area contributed by atoms with Gasteiger partial charge in [-0.1, -0.05) is 43.7 Å². The number of carbonyl (C=O) groups is 1. The molecule has 0 fully saturated rings. The summed E-state index contributed by atoms with van der Waals surface area (Å²) >= 11 is 6.05. The Morgan fingerprint density at radius 1 is 1.30 bits per heavy atom. The minimum absolute atomic E-state index is 0.0422. The normalized spacial score (nSPS) is 11.4. The van der Waals surface area contributed by atoms with Gasteiger partial charge < -0.3 is 5.32 Å². The molecule has 0 heterocycles. The molecular formula is C17H26ClNO. The van der Waals surface area contributed by atoms with Gasteiger partial charge in [0.25, 0.3) is 0 Å². The quantitative estimate of drug-likeness (QED) is 0.719. The van der Waals surface area contributed by atoms with Crippen LogP contribution in [0.5, 0.6) is 0 Å². The number of hydrogen-bond donors (Lipinski definition) is 1. The lowest BCUT2D eigenvalue weighted by molar-refractivity contribution is -0.121. The molecular weight excluding hydrogens is 270 g/mol. The summed E-state index contributed by atoms with van der Waals surface area (Å²) in [6.07, 6.45) is 3.31. The van der Waals surface area contributed by atoms with Crippen molar-refractivity contribution in [2.24, 2.45) is 5.41 Å². The fourth-order valence-electron chi connectivity index (χ4n) is 2.24. The third kappa shape index (κ3) is 5.16. The zero-order valence-corrected chi connectivity index (χ0v) is 13.6. The molecule has 0 unspecified atom stereocenters. The molecule has 1 N–H and O–H groups in total. The number of hydrogen-bond acceptors (Lipinski definition) is 1. The summed E-state index contributed by atoms with van der Waals surface area (Å²) in [5.74, 6) is 0.709. The number of alkyl halides is 1. The Bertz CT molecular complexity index is 418. The second-order valence-electron chi connectivity index (χ2n) is 5.61. The molecule has 20 heavy (non-hydrogen) atoms. The van der Waals surface area contributed by atoms with Crippen molar-refractivity contribution < 1.29 is 4.79 Å². The van der Waals surface area contributed by atoms with E-state index in [0.29, 0.717) is 18.8 Å². The van der Waals surface area contributed by atoms with E-state index in [1.807, 2.05) is 6.07 Å². The Hall–Kier alpha value is -1.02. The molecule has 0 aliphatic carbocycles. The van der Waals surface area contributed by atoms with E-state index in [4.69, 9.17) is 11.6 Å². The van der Waals surface area contributed by atoms with Crippen molar-refractivity contribution >= 4 is 17.5 Å². The van der Waals surface area contributed by atoms with Crippen molar-refractivity contribution in [3.05, 3.63) is 35.4 Å². The maximum atomic E-state index is 11.9. The Labute approximate surface area is 127 Å². The maximum absolute atomic E-state index is 11.9. The molecule has 0 atom stereocenters. The molecule has 0 bridgehead atoms. The molecule has 0 spiro atoms. The Balaban J connectivity index is 2.40. The van der Waals surface area contributed by atoms with Crippen LogP contribution in [0.3, 0.4) is 0 Å². The average Bonchev–Trinajstić information content (AvgIpc) is 2.47. The molecule has 0 saturated carbocycles. The first-order chi connectivity index (χ1) is 9.55. The highest BCUT2D eigenvalue weighted by Gasteiger charge is 2.25. The van der Waals surface area contributed by atoms with Crippen molar-refractivity contribution in [3.8, 4) is 0 Å². The van der Waals surface area contributed by atoms with Crippen molar-refractivity contribution in [3.63, 3.8) is 0 Å². The highest BCUT2D eigenvalue weighted by atomic mass is 35.5. The third-order valence-corrected chi connectivity index (χ3v) is 4.73. The second kappa shape index (κ2) is 8.31.